The topological polar surface area (TPSA) is 24.9 Å². The van der Waals surface area contributed by atoms with Crippen molar-refractivity contribution in [3.05, 3.63) is 34.9 Å². The summed E-state index contributed by atoms with van der Waals surface area (Å²) in [6.07, 6.45) is 0. The molecule has 0 saturated carbocycles. The maximum atomic E-state index is 6.10. The van der Waals surface area contributed by atoms with E-state index in [1.165, 1.54) is 0 Å². The van der Waals surface area contributed by atoms with E-state index in [1.807, 2.05) is 31.2 Å². The molecule has 0 bridgehead atoms. The zero-order valence-electron chi connectivity index (χ0n) is 8.84. The average Bonchev–Trinajstić information content (AvgIpc) is 2.24. The summed E-state index contributed by atoms with van der Waals surface area (Å²) in [5, 5.41) is 4.96. The molecule has 2 aromatic rings. The predicted octanol–water partition coefficient (Wildman–Crippen LogP) is 3.63. The van der Waals surface area contributed by atoms with E-state index in [0.29, 0.717) is 0 Å². The molecule has 0 spiro atoms. The fourth-order valence-corrected chi connectivity index (χ4v) is 1.81. The van der Waals surface area contributed by atoms with Crippen LogP contribution in [0.2, 0.25) is 5.02 Å². The number of benzene rings is 1. The van der Waals surface area contributed by atoms with E-state index in [4.69, 9.17) is 11.6 Å². The van der Waals surface area contributed by atoms with Gasteiger partial charge in [-0.2, -0.15) is 0 Å². The van der Waals surface area contributed by atoms with Crippen LogP contribution in [-0.2, 0) is 0 Å². The zero-order valence-corrected chi connectivity index (χ0v) is 9.60. The molecule has 0 aliphatic rings. The minimum Gasteiger partial charge on any atom is -0.370 e. The molecule has 0 saturated heterocycles. The van der Waals surface area contributed by atoms with Crippen molar-refractivity contribution in [1.29, 1.82) is 0 Å². The summed E-state index contributed by atoms with van der Waals surface area (Å²) >= 11 is 6.10. The number of anilines is 1. The van der Waals surface area contributed by atoms with Gasteiger partial charge in [0.15, 0.2) is 0 Å². The summed E-state index contributed by atoms with van der Waals surface area (Å²) in [6, 6.07) is 7.87. The van der Waals surface area contributed by atoms with Gasteiger partial charge in [-0.15, -0.1) is 0 Å². The maximum absolute atomic E-state index is 6.10. The summed E-state index contributed by atoms with van der Waals surface area (Å²) in [6.45, 7) is 4.97. The summed E-state index contributed by atoms with van der Waals surface area (Å²) in [7, 11) is 0. The Morgan fingerprint density at radius 2 is 2.07 bits per heavy atom. The highest BCUT2D eigenvalue weighted by Gasteiger charge is 2.03. The first-order valence-electron chi connectivity index (χ1n) is 5.02. The highest BCUT2D eigenvalue weighted by atomic mass is 35.5. The molecular weight excluding hydrogens is 208 g/mol. The monoisotopic (exact) mass is 220 g/mol. The molecule has 0 unspecified atom stereocenters. The fraction of sp³-hybridized carbons (Fsp3) is 0.250. The van der Waals surface area contributed by atoms with Crippen LogP contribution in [0, 0.1) is 6.92 Å². The molecule has 0 amide bonds. The van der Waals surface area contributed by atoms with Crippen LogP contribution in [0.1, 0.15) is 12.5 Å². The van der Waals surface area contributed by atoms with Gasteiger partial charge in [0.25, 0.3) is 0 Å². The number of pyridine rings is 1. The lowest BCUT2D eigenvalue weighted by molar-refractivity contribution is 1.17. The van der Waals surface area contributed by atoms with Crippen molar-refractivity contribution in [3.63, 3.8) is 0 Å². The molecule has 2 nitrogen and oxygen atoms in total. The van der Waals surface area contributed by atoms with E-state index >= 15 is 0 Å². The number of nitrogens with one attached hydrogen (secondary N) is 1. The van der Waals surface area contributed by atoms with Crippen molar-refractivity contribution in [3.8, 4) is 0 Å². The molecule has 0 atom stereocenters. The Hall–Kier alpha value is -1.28. The Morgan fingerprint density at radius 1 is 1.27 bits per heavy atom. The molecule has 0 fully saturated rings. The highest BCUT2D eigenvalue weighted by Crippen LogP contribution is 2.25. The number of aromatic nitrogens is 1. The van der Waals surface area contributed by atoms with Crippen molar-refractivity contribution < 1.29 is 0 Å². The van der Waals surface area contributed by atoms with Crippen LogP contribution in [0.25, 0.3) is 10.9 Å². The Bertz CT molecular complexity index is 494. The second kappa shape index (κ2) is 4.07. The standard InChI is InChI=1S/C12H13ClN2/c1-3-14-11-7-5-9-10(13)6-4-8(2)12(9)15-11/h4-7H,3H2,1-2H3,(H,14,15). The lowest BCUT2D eigenvalue weighted by Gasteiger charge is -2.07. The summed E-state index contributed by atoms with van der Waals surface area (Å²) in [5.41, 5.74) is 2.12. The summed E-state index contributed by atoms with van der Waals surface area (Å²) in [5.74, 6) is 0.898. The normalized spacial score (nSPS) is 10.6. The van der Waals surface area contributed by atoms with E-state index in [2.05, 4.69) is 17.2 Å². The van der Waals surface area contributed by atoms with Crippen molar-refractivity contribution >= 4 is 28.3 Å². The van der Waals surface area contributed by atoms with Gasteiger partial charge < -0.3 is 5.32 Å². The third-order valence-electron chi connectivity index (χ3n) is 2.36. The second-order valence-electron chi connectivity index (χ2n) is 3.49. The van der Waals surface area contributed by atoms with Gasteiger partial charge in [0.1, 0.15) is 5.82 Å². The predicted molar refractivity (Wildman–Crippen MR) is 65.7 cm³/mol. The first-order valence-corrected chi connectivity index (χ1v) is 5.40. The number of hydrogen-bond donors (Lipinski definition) is 1. The van der Waals surface area contributed by atoms with Crippen molar-refractivity contribution in [1.82, 2.24) is 4.98 Å². The molecular formula is C12H13ClN2. The van der Waals surface area contributed by atoms with Crippen molar-refractivity contribution in [2.75, 3.05) is 11.9 Å². The average molecular weight is 221 g/mol. The van der Waals surface area contributed by atoms with Crippen LogP contribution in [0.15, 0.2) is 24.3 Å². The molecule has 1 aromatic heterocycles. The van der Waals surface area contributed by atoms with Gasteiger partial charge >= 0.3 is 0 Å². The summed E-state index contributed by atoms with van der Waals surface area (Å²) < 4.78 is 0. The number of aryl methyl sites for hydroxylation is 1. The molecule has 0 radical (unpaired) electrons. The zero-order chi connectivity index (χ0) is 10.8. The molecule has 3 heteroatoms. The van der Waals surface area contributed by atoms with Crippen LogP contribution in [0.3, 0.4) is 0 Å². The molecule has 1 N–H and O–H groups in total. The Morgan fingerprint density at radius 3 is 2.80 bits per heavy atom. The molecule has 1 aromatic carbocycles. The molecule has 0 aliphatic heterocycles. The molecule has 0 aliphatic carbocycles. The van der Waals surface area contributed by atoms with Gasteiger partial charge in [0, 0.05) is 17.0 Å². The fourth-order valence-electron chi connectivity index (χ4n) is 1.60. The Labute approximate surface area is 94.3 Å². The number of rotatable bonds is 2. The quantitative estimate of drug-likeness (QED) is 0.836. The minimum atomic E-state index is 0.756. The lowest BCUT2D eigenvalue weighted by Crippen LogP contribution is -1.99. The molecule has 78 valence electrons. The SMILES string of the molecule is CCNc1ccc2c(Cl)ccc(C)c2n1. The highest BCUT2D eigenvalue weighted by molar-refractivity contribution is 6.35. The van der Waals surface area contributed by atoms with E-state index in [0.717, 1.165) is 33.9 Å². The first-order chi connectivity index (χ1) is 7.22. The van der Waals surface area contributed by atoms with E-state index in [-0.39, 0.29) is 0 Å². The third kappa shape index (κ3) is 1.90. The van der Waals surface area contributed by atoms with Gasteiger partial charge in [-0.25, -0.2) is 4.98 Å². The summed E-state index contributed by atoms with van der Waals surface area (Å²) in [4.78, 5) is 4.53. The van der Waals surface area contributed by atoms with E-state index in [9.17, 15) is 0 Å². The lowest BCUT2D eigenvalue weighted by atomic mass is 10.1. The minimum absolute atomic E-state index is 0.756. The largest absolute Gasteiger partial charge is 0.370 e. The Kier molecular flexibility index (Phi) is 2.78. The third-order valence-corrected chi connectivity index (χ3v) is 2.69. The second-order valence-corrected chi connectivity index (χ2v) is 3.89. The van der Waals surface area contributed by atoms with Crippen LogP contribution in [0.4, 0.5) is 5.82 Å². The van der Waals surface area contributed by atoms with Gasteiger partial charge in [-0.3, -0.25) is 0 Å². The number of fused-ring (bicyclic) bond motifs is 1. The first kappa shape index (κ1) is 10.2. The van der Waals surface area contributed by atoms with Crippen LogP contribution in [0.5, 0.6) is 0 Å². The maximum Gasteiger partial charge on any atom is 0.126 e. The number of halogens is 1. The van der Waals surface area contributed by atoms with Crippen molar-refractivity contribution in [2.45, 2.75) is 13.8 Å². The van der Waals surface area contributed by atoms with Gasteiger partial charge in [-0.05, 0) is 37.6 Å². The van der Waals surface area contributed by atoms with Gasteiger partial charge in [0.2, 0.25) is 0 Å². The number of nitrogens with zero attached hydrogens (tertiary/aromatic N) is 1. The Balaban J connectivity index is 2.65. The van der Waals surface area contributed by atoms with Crippen LogP contribution in [-0.4, -0.2) is 11.5 Å². The van der Waals surface area contributed by atoms with Crippen molar-refractivity contribution in [2.24, 2.45) is 0 Å². The molecule has 15 heavy (non-hydrogen) atoms. The van der Waals surface area contributed by atoms with Gasteiger partial charge in [-0.1, -0.05) is 17.7 Å². The van der Waals surface area contributed by atoms with Crippen LogP contribution < -0.4 is 5.32 Å². The number of hydrogen-bond acceptors (Lipinski definition) is 2. The van der Waals surface area contributed by atoms with E-state index in [1.54, 1.807) is 0 Å². The van der Waals surface area contributed by atoms with Gasteiger partial charge in [0.05, 0.1) is 5.52 Å². The molecule has 2 rings (SSSR count). The molecule has 1 heterocycles. The van der Waals surface area contributed by atoms with E-state index < -0.39 is 0 Å². The van der Waals surface area contributed by atoms with Crippen LogP contribution >= 0.6 is 11.6 Å². The smallest absolute Gasteiger partial charge is 0.126 e.